The molecule has 0 saturated heterocycles. The molecule has 6 nitrogen and oxygen atoms in total. The van der Waals surface area contributed by atoms with Crippen molar-refractivity contribution in [2.24, 2.45) is 4.40 Å². The highest BCUT2D eigenvalue weighted by Crippen LogP contribution is 2.17. The van der Waals surface area contributed by atoms with Crippen molar-refractivity contribution in [3.63, 3.8) is 0 Å². The topological polar surface area (TPSA) is 79.8 Å². The average molecular weight is 333 g/mol. The molecule has 122 valence electrons. The summed E-state index contributed by atoms with van der Waals surface area (Å²) >= 11 is 0. The summed E-state index contributed by atoms with van der Waals surface area (Å²) in [5.41, 5.74) is 2.44. The van der Waals surface area contributed by atoms with Gasteiger partial charge in [0.25, 0.3) is 10.0 Å². The Morgan fingerprint density at radius 3 is 2.26 bits per heavy atom. The number of benzene rings is 2. The minimum Gasteiger partial charge on any atom is -0.497 e. The summed E-state index contributed by atoms with van der Waals surface area (Å²) in [4.78, 5) is 0. The first-order valence-electron chi connectivity index (χ1n) is 6.91. The second-order valence-electron chi connectivity index (χ2n) is 4.97. The third-order valence-corrected chi connectivity index (χ3v) is 3.52. The fourth-order valence-corrected chi connectivity index (χ4v) is 2.32. The van der Waals surface area contributed by atoms with Crippen molar-refractivity contribution in [2.45, 2.75) is 6.92 Å². The van der Waals surface area contributed by atoms with Gasteiger partial charge in [-0.1, -0.05) is 18.2 Å². The van der Waals surface area contributed by atoms with Crippen LogP contribution in [0.4, 0.5) is 11.4 Å². The number of guanidine groups is 1. The Bertz CT molecular complexity index is 800. The number of nitrogens with one attached hydrogen (secondary N) is 2. The Kier molecular flexibility index (Phi) is 5.23. The predicted molar refractivity (Wildman–Crippen MR) is 93.7 cm³/mol. The van der Waals surface area contributed by atoms with Gasteiger partial charge in [-0.2, -0.15) is 0 Å². The number of methoxy groups -OCH3 is 1. The van der Waals surface area contributed by atoms with Crippen molar-refractivity contribution >= 4 is 27.4 Å². The molecule has 0 bridgehead atoms. The third kappa shape index (κ3) is 5.30. The van der Waals surface area contributed by atoms with Crippen molar-refractivity contribution in [3.05, 3.63) is 54.1 Å². The lowest BCUT2D eigenvalue weighted by molar-refractivity contribution is 0.415. The number of hydrogen-bond acceptors (Lipinski definition) is 3. The van der Waals surface area contributed by atoms with E-state index in [1.165, 1.54) is 0 Å². The zero-order valence-corrected chi connectivity index (χ0v) is 14.0. The van der Waals surface area contributed by atoms with Crippen LogP contribution < -0.4 is 15.4 Å². The van der Waals surface area contributed by atoms with Crippen LogP contribution in [0.5, 0.6) is 5.75 Å². The maximum atomic E-state index is 11.5. The van der Waals surface area contributed by atoms with Crippen LogP contribution in [0.1, 0.15) is 5.56 Å². The van der Waals surface area contributed by atoms with Crippen LogP contribution in [0.2, 0.25) is 0 Å². The number of aryl methyl sites for hydroxylation is 1. The van der Waals surface area contributed by atoms with E-state index in [9.17, 15) is 8.42 Å². The number of hydrogen-bond donors (Lipinski definition) is 2. The summed E-state index contributed by atoms with van der Waals surface area (Å²) < 4.78 is 31.9. The van der Waals surface area contributed by atoms with Crippen LogP contribution in [0.3, 0.4) is 0 Å². The van der Waals surface area contributed by atoms with E-state index in [1.807, 2.05) is 31.2 Å². The van der Waals surface area contributed by atoms with Gasteiger partial charge in [0, 0.05) is 11.4 Å². The fraction of sp³-hybridized carbons (Fsp3) is 0.188. The van der Waals surface area contributed by atoms with Crippen molar-refractivity contribution < 1.29 is 13.2 Å². The minimum absolute atomic E-state index is 0.131. The quantitative estimate of drug-likeness (QED) is 0.664. The van der Waals surface area contributed by atoms with E-state index in [-0.39, 0.29) is 5.96 Å². The highest BCUT2D eigenvalue weighted by molar-refractivity contribution is 7.89. The van der Waals surface area contributed by atoms with Gasteiger partial charge in [0.1, 0.15) is 5.75 Å². The van der Waals surface area contributed by atoms with E-state index >= 15 is 0 Å². The monoisotopic (exact) mass is 333 g/mol. The second-order valence-corrected chi connectivity index (χ2v) is 6.61. The standard InChI is InChI=1S/C16H19N3O3S/c1-12-6-4-5-7-15(12)18-16(19-23(3,20)21)17-13-8-10-14(22-2)11-9-13/h4-11H,1-3H3,(H2,17,18,19). The zero-order chi connectivity index (χ0) is 16.9. The van der Waals surface area contributed by atoms with Gasteiger partial charge in [0.15, 0.2) is 0 Å². The molecule has 0 spiro atoms. The van der Waals surface area contributed by atoms with Crippen LogP contribution in [-0.4, -0.2) is 27.7 Å². The largest absolute Gasteiger partial charge is 0.497 e. The molecular weight excluding hydrogens is 314 g/mol. The van der Waals surface area contributed by atoms with E-state index in [0.29, 0.717) is 11.4 Å². The fourth-order valence-electron chi connectivity index (χ4n) is 1.89. The third-order valence-electron chi connectivity index (χ3n) is 3.01. The summed E-state index contributed by atoms with van der Waals surface area (Å²) in [6.07, 6.45) is 1.04. The molecule has 0 radical (unpaired) electrons. The Labute approximate surface area is 136 Å². The Morgan fingerprint density at radius 2 is 1.70 bits per heavy atom. The zero-order valence-electron chi connectivity index (χ0n) is 13.2. The van der Waals surface area contributed by atoms with Gasteiger partial charge in [0.05, 0.1) is 13.4 Å². The minimum atomic E-state index is -3.55. The lowest BCUT2D eigenvalue weighted by atomic mass is 10.2. The summed E-state index contributed by atoms with van der Waals surface area (Å²) in [7, 11) is -1.97. The van der Waals surface area contributed by atoms with Crippen LogP contribution in [0, 0.1) is 6.92 Å². The lowest BCUT2D eigenvalue weighted by Crippen LogP contribution is -2.24. The molecule has 0 heterocycles. The molecule has 0 aliphatic rings. The molecule has 2 aromatic rings. The van der Waals surface area contributed by atoms with E-state index in [0.717, 1.165) is 17.5 Å². The SMILES string of the molecule is COc1ccc(NC(=NS(C)(=O)=O)Nc2ccccc2C)cc1. The van der Waals surface area contributed by atoms with Gasteiger partial charge >= 0.3 is 0 Å². The van der Waals surface area contributed by atoms with Crippen molar-refractivity contribution in [3.8, 4) is 5.75 Å². The van der Waals surface area contributed by atoms with Gasteiger partial charge < -0.3 is 15.4 Å². The molecule has 0 unspecified atom stereocenters. The van der Waals surface area contributed by atoms with Gasteiger partial charge in [-0.15, -0.1) is 4.40 Å². The average Bonchev–Trinajstić information content (AvgIpc) is 2.49. The first kappa shape index (κ1) is 16.8. The van der Waals surface area contributed by atoms with Crippen LogP contribution in [0.15, 0.2) is 52.9 Å². The molecule has 0 atom stereocenters. The maximum Gasteiger partial charge on any atom is 0.253 e. The first-order valence-corrected chi connectivity index (χ1v) is 8.76. The summed E-state index contributed by atoms with van der Waals surface area (Å²) in [6, 6.07) is 14.6. The first-order chi connectivity index (χ1) is 10.9. The molecule has 0 amide bonds. The molecule has 2 rings (SSSR count). The summed E-state index contributed by atoms with van der Waals surface area (Å²) in [5.74, 6) is 0.844. The normalized spacial score (nSPS) is 11.9. The number of sulfonamides is 1. The summed E-state index contributed by atoms with van der Waals surface area (Å²) in [5, 5.41) is 5.98. The van der Waals surface area contributed by atoms with E-state index in [2.05, 4.69) is 15.0 Å². The molecule has 2 aromatic carbocycles. The number of ether oxygens (including phenoxy) is 1. The van der Waals surface area contributed by atoms with Gasteiger partial charge in [0.2, 0.25) is 5.96 Å². The van der Waals surface area contributed by atoms with E-state index in [4.69, 9.17) is 4.74 Å². The van der Waals surface area contributed by atoms with E-state index in [1.54, 1.807) is 31.4 Å². The number of para-hydroxylation sites is 1. The molecule has 0 aromatic heterocycles. The molecule has 23 heavy (non-hydrogen) atoms. The van der Waals surface area contributed by atoms with Crippen LogP contribution in [0.25, 0.3) is 0 Å². The summed E-state index contributed by atoms with van der Waals surface area (Å²) in [6.45, 7) is 1.92. The highest BCUT2D eigenvalue weighted by Gasteiger charge is 2.07. The van der Waals surface area contributed by atoms with Gasteiger partial charge in [-0.3, -0.25) is 0 Å². The Hall–Kier alpha value is -2.54. The van der Waals surface area contributed by atoms with Crippen LogP contribution >= 0.6 is 0 Å². The molecule has 0 fully saturated rings. The molecule has 7 heteroatoms. The van der Waals surface area contributed by atoms with Crippen molar-refractivity contribution in [1.82, 2.24) is 0 Å². The maximum absolute atomic E-state index is 11.5. The number of nitrogens with zero attached hydrogens (tertiary/aromatic N) is 1. The smallest absolute Gasteiger partial charge is 0.253 e. The van der Waals surface area contributed by atoms with Crippen molar-refractivity contribution in [1.29, 1.82) is 0 Å². The van der Waals surface area contributed by atoms with Crippen molar-refractivity contribution in [2.75, 3.05) is 24.0 Å². The molecule has 0 saturated carbocycles. The van der Waals surface area contributed by atoms with Gasteiger partial charge in [-0.05, 0) is 42.8 Å². The molecular formula is C16H19N3O3S. The molecule has 2 N–H and O–H groups in total. The Morgan fingerprint density at radius 1 is 1.04 bits per heavy atom. The molecule has 0 aliphatic heterocycles. The lowest BCUT2D eigenvalue weighted by Gasteiger charge is -2.14. The van der Waals surface area contributed by atoms with E-state index < -0.39 is 10.0 Å². The van der Waals surface area contributed by atoms with Crippen LogP contribution in [-0.2, 0) is 10.0 Å². The second kappa shape index (κ2) is 7.15. The molecule has 0 aliphatic carbocycles. The Balaban J connectivity index is 2.27. The highest BCUT2D eigenvalue weighted by atomic mass is 32.2. The number of anilines is 2. The van der Waals surface area contributed by atoms with Gasteiger partial charge in [-0.25, -0.2) is 8.42 Å². The predicted octanol–water partition coefficient (Wildman–Crippen LogP) is 2.84. The number of rotatable bonds is 4.